The Bertz CT molecular complexity index is 1210. The van der Waals surface area contributed by atoms with E-state index >= 15 is 0 Å². The number of nitrogens with zero attached hydrogens (tertiary/aromatic N) is 2. The lowest BCUT2D eigenvalue weighted by atomic mass is 10.2. The lowest BCUT2D eigenvalue weighted by Gasteiger charge is -2.14. The molecule has 3 aromatic heterocycles. The number of aromatic amines is 1. The molecule has 0 radical (unpaired) electrons. The van der Waals surface area contributed by atoms with Crippen molar-refractivity contribution < 1.29 is 14.3 Å². The van der Waals surface area contributed by atoms with E-state index in [-0.39, 0.29) is 12.0 Å². The number of thiophene rings is 1. The molecule has 1 fully saturated rings. The zero-order chi connectivity index (χ0) is 20.0. The zero-order valence-electron chi connectivity index (χ0n) is 16.3. The molecule has 0 bridgehead atoms. The van der Waals surface area contributed by atoms with Gasteiger partial charge in [0.1, 0.15) is 11.5 Å². The van der Waals surface area contributed by atoms with Crippen LogP contribution in [0.15, 0.2) is 42.6 Å². The normalized spacial score (nSPS) is 16.8. The minimum absolute atomic E-state index is 0.0303. The third-order valence-electron chi connectivity index (χ3n) is 5.31. The summed E-state index contributed by atoms with van der Waals surface area (Å²) >= 11 is 1.43. The van der Waals surface area contributed by atoms with Crippen molar-refractivity contribution in [2.24, 2.45) is 0 Å². The summed E-state index contributed by atoms with van der Waals surface area (Å²) in [6.07, 6.45) is 2.72. The van der Waals surface area contributed by atoms with E-state index in [1.54, 1.807) is 13.3 Å². The first-order valence-corrected chi connectivity index (χ1v) is 10.4. The fourth-order valence-electron chi connectivity index (χ4n) is 3.81. The first-order chi connectivity index (χ1) is 14.1. The van der Waals surface area contributed by atoms with E-state index in [0.717, 1.165) is 45.5 Å². The number of methoxy groups -OCH3 is 1. The molecule has 5 rings (SSSR count). The Labute approximate surface area is 172 Å². The largest absolute Gasteiger partial charge is 0.456 e. The van der Waals surface area contributed by atoms with Crippen LogP contribution < -0.4 is 4.74 Å². The maximum atomic E-state index is 12.9. The molecule has 1 aliphatic heterocycles. The second kappa shape index (κ2) is 7.17. The van der Waals surface area contributed by atoms with Crippen LogP contribution in [0.3, 0.4) is 0 Å². The summed E-state index contributed by atoms with van der Waals surface area (Å²) in [7, 11) is 1.69. The van der Waals surface area contributed by atoms with E-state index < -0.39 is 0 Å². The van der Waals surface area contributed by atoms with Gasteiger partial charge in [-0.15, -0.1) is 11.3 Å². The van der Waals surface area contributed by atoms with Gasteiger partial charge >= 0.3 is 0 Å². The highest BCUT2D eigenvalue weighted by Crippen LogP contribution is 2.36. The maximum Gasteiger partial charge on any atom is 0.264 e. The molecule has 0 saturated carbocycles. The van der Waals surface area contributed by atoms with E-state index in [9.17, 15) is 4.79 Å². The number of hydrogen-bond acceptors (Lipinski definition) is 5. The van der Waals surface area contributed by atoms with Crippen molar-refractivity contribution in [1.29, 1.82) is 0 Å². The Morgan fingerprint density at radius 3 is 3.00 bits per heavy atom. The lowest BCUT2D eigenvalue weighted by Crippen LogP contribution is -2.29. The quantitative estimate of drug-likeness (QED) is 0.531. The summed E-state index contributed by atoms with van der Waals surface area (Å²) in [5.41, 5.74) is 2.97. The van der Waals surface area contributed by atoms with Crippen molar-refractivity contribution >= 4 is 38.4 Å². The number of pyridine rings is 1. The van der Waals surface area contributed by atoms with Crippen LogP contribution in [0.5, 0.6) is 11.5 Å². The molecule has 0 unspecified atom stereocenters. The van der Waals surface area contributed by atoms with Gasteiger partial charge in [0.05, 0.1) is 21.2 Å². The van der Waals surface area contributed by atoms with E-state index in [1.807, 2.05) is 42.2 Å². The average Bonchev–Trinajstić information content (AvgIpc) is 3.44. The molecule has 4 heterocycles. The van der Waals surface area contributed by atoms with Crippen molar-refractivity contribution in [1.82, 2.24) is 14.9 Å². The van der Waals surface area contributed by atoms with Crippen molar-refractivity contribution in [2.75, 3.05) is 20.2 Å². The fourth-order valence-corrected chi connectivity index (χ4v) is 4.84. The summed E-state index contributed by atoms with van der Waals surface area (Å²) in [6, 6.07) is 11.8. The monoisotopic (exact) mass is 407 g/mol. The standard InChI is InChI=1S/C22H21N3O3S/c1-13-9-14-10-15(3-4-17(14)24-13)28-19-5-7-23-18-11-20(29-21(18)19)22(26)25-8-6-16(12-25)27-2/h3-5,7,9-11,16,24H,6,8,12H2,1-2H3/t16-/m0/s1. The predicted octanol–water partition coefficient (Wildman–Crippen LogP) is 4.74. The second-order valence-electron chi connectivity index (χ2n) is 7.34. The minimum Gasteiger partial charge on any atom is -0.456 e. The van der Waals surface area contributed by atoms with Crippen LogP contribution in [-0.2, 0) is 4.74 Å². The molecule has 1 aliphatic rings. The van der Waals surface area contributed by atoms with Gasteiger partial charge in [0, 0.05) is 49.1 Å². The lowest BCUT2D eigenvalue weighted by molar-refractivity contribution is 0.0728. The topological polar surface area (TPSA) is 67.4 Å². The molecule has 1 aromatic carbocycles. The molecule has 1 N–H and O–H groups in total. The number of ether oxygens (including phenoxy) is 2. The number of benzene rings is 1. The van der Waals surface area contributed by atoms with Crippen LogP contribution in [0.4, 0.5) is 0 Å². The van der Waals surface area contributed by atoms with Crippen LogP contribution in [0.2, 0.25) is 0 Å². The van der Waals surface area contributed by atoms with Crippen LogP contribution in [0, 0.1) is 6.92 Å². The van der Waals surface area contributed by atoms with Gasteiger partial charge in [0.25, 0.3) is 5.91 Å². The number of fused-ring (bicyclic) bond motifs is 2. The van der Waals surface area contributed by atoms with Crippen LogP contribution in [0.1, 0.15) is 21.8 Å². The van der Waals surface area contributed by atoms with Crippen LogP contribution >= 0.6 is 11.3 Å². The molecule has 1 amide bonds. The van der Waals surface area contributed by atoms with Gasteiger partial charge in [-0.1, -0.05) is 0 Å². The first kappa shape index (κ1) is 18.1. The molecule has 6 nitrogen and oxygen atoms in total. The number of rotatable bonds is 4. The van der Waals surface area contributed by atoms with E-state index in [4.69, 9.17) is 9.47 Å². The number of aryl methyl sites for hydroxylation is 1. The summed E-state index contributed by atoms with van der Waals surface area (Å²) in [4.78, 5) is 23.2. The molecular formula is C22H21N3O3S. The molecule has 7 heteroatoms. The molecule has 4 aromatic rings. The van der Waals surface area contributed by atoms with Gasteiger partial charge in [0.15, 0.2) is 0 Å². The van der Waals surface area contributed by atoms with E-state index in [0.29, 0.717) is 17.2 Å². The molecule has 1 atom stereocenters. The minimum atomic E-state index is 0.0303. The number of amides is 1. The fraction of sp³-hybridized carbons (Fsp3) is 0.273. The molecular weight excluding hydrogens is 386 g/mol. The molecule has 1 saturated heterocycles. The zero-order valence-corrected chi connectivity index (χ0v) is 17.1. The SMILES string of the molecule is CO[C@H]1CCN(C(=O)c2cc3nccc(Oc4ccc5[nH]c(C)cc5c4)c3s2)C1. The van der Waals surface area contributed by atoms with Gasteiger partial charge < -0.3 is 19.4 Å². The second-order valence-corrected chi connectivity index (χ2v) is 8.39. The van der Waals surface area contributed by atoms with Crippen LogP contribution in [-0.4, -0.2) is 47.1 Å². The van der Waals surface area contributed by atoms with Crippen molar-refractivity contribution in [3.05, 3.63) is 53.2 Å². The Kier molecular flexibility index (Phi) is 4.49. The third kappa shape index (κ3) is 3.36. The Morgan fingerprint density at radius 2 is 2.17 bits per heavy atom. The highest BCUT2D eigenvalue weighted by atomic mass is 32.1. The molecule has 29 heavy (non-hydrogen) atoms. The average molecular weight is 407 g/mol. The number of H-pyrrole nitrogens is 1. The highest BCUT2D eigenvalue weighted by molar-refractivity contribution is 7.21. The molecule has 148 valence electrons. The number of carbonyl (C=O) groups excluding carboxylic acids is 1. The van der Waals surface area contributed by atoms with Crippen molar-refractivity contribution in [2.45, 2.75) is 19.4 Å². The van der Waals surface area contributed by atoms with E-state index in [1.165, 1.54) is 11.3 Å². The van der Waals surface area contributed by atoms with Gasteiger partial charge in [-0.2, -0.15) is 0 Å². The maximum absolute atomic E-state index is 12.9. The predicted molar refractivity (Wildman–Crippen MR) is 114 cm³/mol. The number of likely N-dealkylation sites (tertiary alicyclic amines) is 1. The molecule has 0 spiro atoms. The van der Waals surface area contributed by atoms with Gasteiger partial charge in [0.2, 0.25) is 0 Å². The Balaban J connectivity index is 1.44. The summed E-state index contributed by atoms with van der Waals surface area (Å²) in [5, 5.41) is 1.11. The number of hydrogen-bond donors (Lipinski definition) is 1. The molecule has 0 aliphatic carbocycles. The summed E-state index contributed by atoms with van der Waals surface area (Å²) in [6.45, 7) is 3.39. The summed E-state index contributed by atoms with van der Waals surface area (Å²) < 4.78 is 12.4. The third-order valence-corrected chi connectivity index (χ3v) is 6.43. The van der Waals surface area contributed by atoms with Crippen LogP contribution in [0.25, 0.3) is 21.1 Å². The van der Waals surface area contributed by atoms with Crippen molar-refractivity contribution in [3.63, 3.8) is 0 Å². The number of aromatic nitrogens is 2. The van der Waals surface area contributed by atoms with Gasteiger partial charge in [-0.3, -0.25) is 9.78 Å². The smallest absolute Gasteiger partial charge is 0.264 e. The summed E-state index contributed by atoms with van der Waals surface area (Å²) in [5.74, 6) is 1.50. The Morgan fingerprint density at radius 1 is 1.28 bits per heavy atom. The van der Waals surface area contributed by atoms with Gasteiger partial charge in [-0.05, 0) is 43.7 Å². The number of nitrogens with one attached hydrogen (secondary N) is 1. The number of carbonyl (C=O) groups is 1. The first-order valence-electron chi connectivity index (χ1n) is 9.58. The Hall–Kier alpha value is -2.90. The van der Waals surface area contributed by atoms with Crippen molar-refractivity contribution in [3.8, 4) is 11.5 Å². The highest BCUT2D eigenvalue weighted by Gasteiger charge is 2.28. The van der Waals surface area contributed by atoms with Gasteiger partial charge in [-0.25, -0.2) is 0 Å². The van der Waals surface area contributed by atoms with E-state index in [2.05, 4.69) is 16.0 Å².